The smallest absolute Gasteiger partial charge is 0.410 e. The molecule has 0 aliphatic carbocycles. The van der Waals surface area contributed by atoms with Gasteiger partial charge in [0.25, 0.3) is 5.91 Å². The highest BCUT2D eigenvalue weighted by Gasteiger charge is 2.47. The minimum Gasteiger partial charge on any atom is -0.441 e. The number of hydroxylamine groups is 3. The number of hydrogen-bond donors (Lipinski definition) is 1. The number of carbonyl (C=O) groups excluding carboxylic acids is 2. The number of fused-ring (bicyclic) bond motifs is 1. The fourth-order valence-corrected chi connectivity index (χ4v) is 4.73. The van der Waals surface area contributed by atoms with Crippen molar-refractivity contribution in [2.24, 2.45) is 0 Å². The first-order valence-corrected chi connectivity index (χ1v) is 10.6. The van der Waals surface area contributed by atoms with Crippen molar-refractivity contribution >= 4 is 12.0 Å². The van der Waals surface area contributed by atoms with E-state index >= 15 is 0 Å². The van der Waals surface area contributed by atoms with E-state index in [-0.39, 0.29) is 12.0 Å². The number of amides is 2. The van der Waals surface area contributed by atoms with E-state index in [4.69, 9.17) is 9.68 Å². The van der Waals surface area contributed by atoms with Crippen LogP contribution in [0.15, 0.2) is 54.0 Å². The van der Waals surface area contributed by atoms with Gasteiger partial charge in [-0.05, 0) is 31.6 Å². The number of piperidine rings is 1. The maximum Gasteiger partial charge on any atom is 0.410 e. The van der Waals surface area contributed by atoms with Crippen LogP contribution in [0.4, 0.5) is 4.79 Å². The Morgan fingerprint density at radius 3 is 2.65 bits per heavy atom. The molecule has 4 aliphatic rings. The highest BCUT2D eigenvalue weighted by molar-refractivity contribution is 5.97. The van der Waals surface area contributed by atoms with Gasteiger partial charge in [0.2, 0.25) is 0 Å². The molecule has 31 heavy (non-hydrogen) atoms. The van der Waals surface area contributed by atoms with Crippen LogP contribution in [-0.4, -0.2) is 52.1 Å². The number of rotatable bonds is 3. The topological polar surface area (TPSA) is 74.3 Å². The molecule has 2 amide bonds. The van der Waals surface area contributed by atoms with Crippen molar-refractivity contribution in [2.75, 3.05) is 19.6 Å². The second kappa shape index (κ2) is 7.46. The molecule has 0 saturated carbocycles. The zero-order valence-electron chi connectivity index (χ0n) is 17.8. The zero-order valence-corrected chi connectivity index (χ0v) is 17.8. The van der Waals surface area contributed by atoms with Crippen molar-refractivity contribution in [2.45, 2.75) is 38.8 Å². The average Bonchev–Trinajstić information content (AvgIpc) is 3.31. The van der Waals surface area contributed by atoms with Gasteiger partial charge in [-0.2, -0.15) is 4.94 Å². The van der Waals surface area contributed by atoms with E-state index in [0.717, 1.165) is 11.3 Å². The minimum absolute atomic E-state index is 0.0186. The third-order valence-corrected chi connectivity index (χ3v) is 6.21. The Bertz CT molecular complexity index is 1000. The van der Waals surface area contributed by atoms with Crippen LogP contribution in [0.2, 0.25) is 0 Å². The minimum atomic E-state index is -0.508. The zero-order chi connectivity index (χ0) is 21.6. The molecule has 5 rings (SSSR count). The first-order valence-electron chi connectivity index (χ1n) is 10.6. The van der Waals surface area contributed by atoms with Crippen LogP contribution in [0, 0.1) is 13.8 Å². The number of nitrogens with zero attached hydrogens (tertiary/aromatic N) is 3. The van der Waals surface area contributed by atoms with Gasteiger partial charge < -0.3 is 9.64 Å². The summed E-state index contributed by atoms with van der Waals surface area (Å²) in [6, 6.07) is 6.35. The molecular formula is C23H26N4O4. The molecule has 1 N–H and O–H groups in total. The van der Waals surface area contributed by atoms with Gasteiger partial charge in [-0.3, -0.25) is 9.69 Å². The van der Waals surface area contributed by atoms with E-state index in [2.05, 4.69) is 37.5 Å². The predicted molar refractivity (Wildman–Crippen MR) is 113 cm³/mol. The standard InChI is InChI=1S/C23H26N4O4/c1-16-9-17(2)11-18(10-16)14-26-15-23(30-22(26)29)4-7-25(8-5-23)21(28)19-3-6-27-20(12-19)13-24-31-27/h3,6,9-13,24H,4-5,7-8,14-15H2,1-2H3. The summed E-state index contributed by atoms with van der Waals surface area (Å²) in [7, 11) is 0. The monoisotopic (exact) mass is 422 g/mol. The molecule has 8 heteroatoms. The lowest BCUT2D eigenvalue weighted by Crippen LogP contribution is -2.49. The lowest BCUT2D eigenvalue weighted by atomic mass is 9.90. The van der Waals surface area contributed by atoms with Crippen LogP contribution in [0.25, 0.3) is 0 Å². The van der Waals surface area contributed by atoms with Gasteiger partial charge in [-0.25, -0.2) is 15.3 Å². The van der Waals surface area contributed by atoms with Crippen LogP contribution in [0.1, 0.15) is 29.5 Å². The molecule has 0 aromatic heterocycles. The Morgan fingerprint density at radius 2 is 1.90 bits per heavy atom. The fraction of sp³-hybridized carbons (Fsp3) is 0.391. The van der Waals surface area contributed by atoms with Gasteiger partial charge in [0.15, 0.2) is 0 Å². The molecule has 2 fully saturated rings. The van der Waals surface area contributed by atoms with Crippen LogP contribution in [-0.2, 0) is 21.0 Å². The molecule has 4 aliphatic heterocycles. The third kappa shape index (κ3) is 3.79. The Labute approximate surface area is 181 Å². The fourth-order valence-electron chi connectivity index (χ4n) is 4.73. The SMILES string of the molecule is Cc1cc(C)cc(CN2CC3(CCN(C(=O)C4=CC5=CNON5C=C4)CC3)OC2=O)c1. The van der Waals surface area contributed by atoms with E-state index in [1.54, 1.807) is 34.5 Å². The summed E-state index contributed by atoms with van der Waals surface area (Å²) in [5.74, 6) is -0.0186. The molecule has 1 spiro atoms. The van der Waals surface area contributed by atoms with Crippen molar-refractivity contribution in [1.29, 1.82) is 0 Å². The van der Waals surface area contributed by atoms with Gasteiger partial charge >= 0.3 is 6.09 Å². The number of hydrogen-bond acceptors (Lipinski definition) is 6. The Morgan fingerprint density at radius 1 is 1.16 bits per heavy atom. The summed E-state index contributed by atoms with van der Waals surface area (Å²) in [6.45, 7) is 6.36. The van der Waals surface area contributed by atoms with Crippen molar-refractivity contribution in [3.63, 3.8) is 0 Å². The lowest BCUT2D eigenvalue weighted by Gasteiger charge is -2.37. The number of likely N-dealkylation sites (tertiary alicyclic amines) is 1. The Hall–Kier alpha value is -3.26. The van der Waals surface area contributed by atoms with E-state index in [1.165, 1.54) is 11.1 Å². The molecule has 0 bridgehead atoms. The summed E-state index contributed by atoms with van der Waals surface area (Å²) in [5.41, 5.74) is 7.04. The lowest BCUT2D eigenvalue weighted by molar-refractivity contribution is -0.130. The normalized spacial score (nSPS) is 21.6. The van der Waals surface area contributed by atoms with Gasteiger partial charge in [-0.15, -0.1) is 0 Å². The molecule has 4 heterocycles. The summed E-state index contributed by atoms with van der Waals surface area (Å²) < 4.78 is 5.85. The average molecular weight is 422 g/mol. The summed E-state index contributed by atoms with van der Waals surface area (Å²) >= 11 is 0. The van der Waals surface area contributed by atoms with Crippen LogP contribution in [0.3, 0.4) is 0 Å². The maximum atomic E-state index is 13.0. The van der Waals surface area contributed by atoms with E-state index in [1.807, 2.05) is 4.90 Å². The molecular weight excluding hydrogens is 396 g/mol. The number of allylic oxidation sites excluding steroid dienone is 1. The van der Waals surface area contributed by atoms with E-state index in [0.29, 0.717) is 44.6 Å². The van der Waals surface area contributed by atoms with Crippen molar-refractivity contribution in [3.8, 4) is 0 Å². The van der Waals surface area contributed by atoms with Crippen molar-refractivity contribution in [3.05, 3.63) is 70.7 Å². The largest absolute Gasteiger partial charge is 0.441 e. The van der Waals surface area contributed by atoms with Gasteiger partial charge in [0, 0.05) is 44.2 Å². The van der Waals surface area contributed by atoms with Crippen molar-refractivity contribution in [1.82, 2.24) is 20.3 Å². The number of carbonyl (C=O) groups is 2. The molecule has 0 atom stereocenters. The second-order valence-corrected chi connectivity index (χ2v) is 8.71. The van der Waals surface area contributed by atoms with Gasteiger partial charge in [-0.1, -0.05) is 29.3 Å². The third-order valence-electron chi connectivity index (χ3n) is 6.21. The summed E-state index contributed by atoms with van der Waals surface area (Å²) in [4.78, 5) is 34.3. The predicted octanol–water partition coefficient (Wildman–Crippen LogP) is 2.66. The first-order chi connectivity index (χ1) is 14.9. The number of aryl methyl sites for hydroxylation is 2. The quantitative estimate of drug-likeness (QED) is 0.807. The van der Waals surface area contributed by atoms with Gasteiger partial charge in [0.1, 0.15) is 5.60 Å². The Kier molecular flexibility index (Phi) is 4.74. The van der Waals surface area contributed by atoms with E-state index < -0.39 is 5.60 Å². The maximum absolute atomic E-state index is 13.0. The highest BCUT2D eigenvalue weighted by atomic mass is 16.8. The summed E-state index contributed by atoms with van der Waals surface area (Å²) in [6.07, 6.45) is 7.98. The molecule has 8 nitrogen and oxygen atoms in total. The van der Waals surface area contributed by atoms with Crippen LogP contribution < -0.4 is 5.48 Å². The van der Waals surface area contributed by atoms with Crippen LogP contribution in [0.5, 0.6) is 0 Å². The van der Waals surface area contributed by atoms with Crippen molar-refractivity contribution < 1.29 is 19.3 Å². The van der Waals surface area contributed by atoms with Crippen LogP contribution >= 0.6 is 0 Å². The molecule has 0 unspecified atom stereocenters. The number of ether oxygens (including phenoxy) is 1. The highest BCUT2D eigenvalue weighted by Crippen LogP contribution is 2.35. The molecule has 1 aromatic rings. The molecule has 162 valence electrons. The second-order valence-electron chi connectivity index (χ2n) is 8.71. The first kappa shape index (κ1) is 19.7. The molecule has 1 aromatic carbocycles. The van der Waals surface area contributed by atoms with E-state index in [9.17, 15) is 9.59 Å². The summed E-state index contributed by atoms with van der Waals surface area (Å²) in [5, 5.41) is 1.56. The Balaban J connectivity index is 1.21. The molecule has 0 radical (unpaired) electrons. The number of nitrogens with one attached hydrogen (secondary N) is 1. The number of benzene rings is 1. The van der Waals surface area contributed by atoms with Gasteiger partial charge in [0.05, 0.1) is 18.4 Å². The molecule has 2 saturated heterocycles.